The van der Waals surface area contributed by atoms with E-state index in [0.29, 0.717) is 18.8 Å². The van der Waals surface area contributed by atoms with Gasteiger partial charge in [0.05, 0.1) is 19.4 Å². The molecule has 6 heteroatoms. The second-order valence-corrected chi connectivity index (χ2v) is 6.97. The number of furan rings is 1. The van der Waals surface area contributed by atoms with Crippen LogP contribution >= 0.6 is 11.3 Å². The molecule has 3 heterocycles. The van der Waals surface area contributed by atoms with E-state index >= 15 is 0 Å². The summed E-state index contributed by atoms with van der Waals surface area (Å²) in [7, 11) is 0. The number of hydrogen-bond donors (Lipinski definition) is 0. The summed E-state index contributed by atoms with van der Waals surface area (Å²) in [5, 5.41) is 2.06. The zero-order chi connectivity index (χ0) is 17.6. The zero-order valence-corrected chi connectivity index (χ0v) is 14.8. The smallest absolute Gasteiger partial charge is 0.224 e. The number of carbonyl (C=O) groups excluding carboxylic acids is 2. The van der Waals surface area contributed by atoms with E-state index in [-0.39, 0.29) is 31.2 Å². The van der Waals surface area contributed by atoms with Crippen molar-refractivity contribution in [2.75, 3.05) is 13.1 Å². The van der Waals surface area contributed by atoms with Gasteiger partial charge in [0.25, 0.3) is 0 Å². The quantitative estimate of drug-likeness (QED) is 0.748. The predicted molar refractivity (Wildman–Crippen MR) is 95.6 cm³/mol. The lowest BCUT2D eigenvalue weighted by atomic mass is 10.1. The van der Waals surface area contributed by atoms with Gasteiger partial charge in [-0.05, 0) is 35.6 Å². The van der Waals surface area contributed by atoms with Gasteiger partial charge in [0.2, 0.25) is 11.8 Å². The molecule has 0 bridgehead atoms. The molecule has 0 fully saturated rings. The maximum atomic E-state index is 12.4. The van der Waals surface area contributed by atoms with E-state index in [1.54, 1.807) is 34.6 Å². The van der Waals surface area contributed by atoms with Crippen LogP contribution in [-0.4, -0.2) is 34.7 Å². The van der Waals surface area contributed by atoms with Crippen LogP contribution in [0.1, 0.15) is 29.0 Å². The summed E-state index contributed by atoms with van der Waals surface area (Å²) in [6, 6.07) is 5.64. The number of fused-ring (bicyclic) bond motifs is 1. The Morgan fingerprint density at radius 3 is 3.00 bits per heavy atom. The van der Waals surface area contributed by atoms with E-state index in [2.05, 4.69) is 17.4 Å². The molecule has 0 saturated carbocycles. The topological polar surface area (TPSA) is 53.8 Å². The Bertz CT molecular complexity index is 773. The number of carbonyl (C=O) groups is 2. The van der Waals surface area contributed by atoms with E-state index in [1.807, 2.05) is 4.90 Å². The molecule has 1 aliphatic rings. The zero-order valence-electron chi connectivity index (χ0n) is 13.9. The maximum absolute atomic E-state index is 12.4. The molecular formula is C19H20N2O3S. The van der Waals surface area contributed by atoms with E-state index < -0.39 is 0 Å². The largest absolute Gasteiger partial charge is 0.467 e. The minimum absolute atomic E-state index is 0.0175. The van der Waals surface area contributed by atoms with Gasteiger partial charge in [-0.25, -0.2) is 0 Å². The van der Waals surface area contributed by atoms with Gasteiger partial charge in [-0.2, -0.15) is 0 Å². The van der Waals surface area contributed by atoms with Crippen LogP contribution in [0.15, 0.2) is 34.3 Å². The lowest BCUT2D eigenvalue weighted by Gasteiger charge is -2.27. The molecule has 0 aliphatic carbocycles. The van der Waals surface area contributed by atoms with E-state index in [1.165, 1.54) is 10.4 Å². The molecule has 1 aliphatic heterocycles. The van der Waals surface area contributed by atoms with Crippen LogP contribution in [0.25, 0.3) is 0 Å². The summed E-state index contributed by atoms with van der Waals surface area (Å²) in [4.78, 5) is 29.6. The highest BCUT2D eigenvalue weighted by molar-refractivity contribution is 7.10. The molecule has 0 unspecified atom stereocenters. The first-order valence-electron chi connectivity index (χ1n) is 8.24. The number of hydrogen-bond acceptors (Lipinski definition) is 4. The summed E-state index contributed by atoms with van der Waals surface area (Å²) in [6.45, 7) is 1.90. The molecule has 0 atom stereocenters. The minimum atomic E-state index is -0.129. The Balaban J connectivity index is 1.52. The third-order valence-electron chi connectivity index (χ3n) is 4.27. The Morgan fingerprint density at radius 2 is 2.24 bits per heavy atom. The highest BCUT2D eigenvalue weighted by atomic mass is 32.1. The van der Waals surface area contributed by atoms with Crippen LogP contribution in [0.2, 0.25) is 0 Å². The number of nitrogens with zero attached hydrogens (tertiary/aromatic N) is 2. The molecule has 0 aromatic carbocycles. The Hall–Kier alpha value is -2.52. The van der Waals surface area contributed by atoms with E-state index in [4.69, 9.17) is 10.8 Å². The first-order valence-corrected chi connectivity index (χ1v) is 9.12. The third kappa shape index (κ3) is 4.31. The van der Waals surface area contributed by atoms with Crippen molar-refractivity contribution < 1.29 is 14.0 Å². The van der Waals surface area contributed by atoms with Crippen molar-refractivity contribution in [3.8, 4) is 12.3 Å². The van der Waals surface area contributed by atoms with Gasteiger partial charge in [-0.3, -0.25) is 9.59 Å². The van der Waals surface area contributed by atoms with E-state index in [9.17, 15) is 9.59 Å². The SMILES string of the molecule is C#CCN(Cc1ccco1)C(=O)CCC(=O)N1CCc2sccc2C1. The monoisotopic (exact) mass is 356 g/mol. The van der Waals surface area contributed by atoms with Crippen LogP contribution < -0.4 is 0 Å². The fraction of sp³-hybridized carbons (Fsp3) is 0.368. The summed E-state index contributed by atoms with van der Waals surface area (Å²) in [5.74, 6) is 3.05. The molecule has 2 aromatic rings. The van der Waals surface area contributed by atoms with Gasteiger partial charge >= 0.3 is 0 Å². The van der Waals surface area contributed by atoms with Crippen LogP contribution in [0.4, 0.5) is 0 Å². The molecule has 2 aromatic heterocycles. The lowest BCUT2D eigenvalue weighted by Crippen LogP contribution is -2.37. The molecule has 0 radical (unpaired) electrons. The van der Waals surface area contributed by atoms with Gasteiger partial charge in [0.1, 0.15) is 5.76 Å². The molecule has 25 heavy (non-hydrogen) atoms. The second-order valence-electron chi connectivity index (χ2n) is 5.97. The fourth-order valence-corrected chi connectivity index (χ4v) is 3.81. The van der Waals surface area contributed by atoms with Gasteiger partial charge in [-0.15, -0.1) is 17.8 Å². The van der Waals surface area contributed by atoms with Gasteiger partial charge in [0, 0.05) is 30.8 Å². The molecule has 0 saturated heterocycles. The van der Waals surface area contributed by atoms with Crippen molar-refractivity contribution in [1.29, 1.82) is 0 Å². The van der Waals surface area contributed by atoms with Crippen LogP contribution in [0.5, 0.6) is 0 Å². The van der Waals surface area contributed by atoms with Crippen molar-refractivity contribution in [2.24, 2.45) is 0 Å². The van der Waals surface area contributed by atoms with Crippen molar-refractivity contribution in [1.82, 2.24) is 9.80 Å². The van der Waals surface area contributed by atoms with Crippen molar-refractivity contribution in [2.45, 2.75) is 32.4 Å². The van der Waals surface area contributed by atoms with Gasteiger partial charge < -0.3 is 14.2 Å². The second kappa shape index (κ2) is 8.04. The highest BCUT2D eigenvalue weighted by Gasteiger charge is 2.23. The number of thiophene rings is 1. The Morgan fingerprint density at radius 1 is 1.36 bits per heavy atom. The predicted octanol–water partition coefficient (Wildman–Crippen LogP) is 2.67. The number of amides is 2. The number of rotatable bonds is 6. The fourth-order valence-electron chi connectivity index (χ4n) is 2.92. The van der Waals surface area contributed by atoms with Crippen molar-refractivity contribution in [3.63, 3.8) is 0 Å². The van der Waals surface area contributed by atoms with Crippen molar-refractivity contribution in [3.05, 3.63) is 46.0 Å². The molecule has 130 valence electrons. The normalized spacial score (nSPS) is 13.2. The van der Waals surface area contributed by atoms with E-state index in [0.717, 1.165) is 13.0 Å². The Labute approximate surface area is 151 Å². The maximum Gasteiger partial charge on any atom is 0.224 e. The highest BCUT2D eigenvalue weighted by Crippen LogP contribution is 2.24. The van der Waals surface area contributed by atoms with Gasteiger partial charge in [0.15, 0.2) is 0 Å². The molecule has 0 spiro atoms. The van der Waals surface area contributed by atoms with Crippen LogP contribution in [0.3, 0.4) is 0 Å². The first-order chi connectivity index (χ1) is 12.2. The van der Waals surface area contributed by atoms with Crippen LogP contribution in [0, 0.1) is 12.3 Å². The average molecular weight is 356 g/mol. The molecule has 3 rings (SSSR count). The summed E-state index contributed by atoms with van der Waals surface area (Å²) < 4.78 is 5.27. The summed E-state index contributed by atoms with van der Waals surface area (Å²) >= 11 is 1.74. The first kappa shape index (κ1) is 17.3. The third-order valence-corrected chi connectivity index (χ3v) is 5.30. The minimum Gasteiger partial charge on any atom is -0.467 e. The Kier molecular flexibility index (Phi) is 5.56. The summed E-state index contributed by atoms with van der Waals surface area (Å²) in [6.07, 6.45) is 8.18. The van der Waals surface area contributed by atoms with Crippen LogP contribution in [-0.2, 0) is 29.1 Å². The van der Waals surface area contributed by atoms with Crippen molar-refractivity contribution >= 4 is 23.2 Å². The summed E-state index contributed by atoms with van der Waals surface area (Å²) in [5.41, 5.74) is 1.22. The lowest BCUT2D eigenvalue weighted by molar-refractivity contribution is -0.137. The van der Waals surface area contributed by atoms with Gasteiger partial charge in [-0.1, -0.05) is 5.92 Å². The molecular weight excluding hydrogens is 336 g/mol. The molecule has 2 amide bonds. The molecule has 0 N–H and O–H groups in total. The number of terminal acetylenes is 1. The molecule has 5 nitrogen and oxygen atoms in total. The standard InChI is InChI=1S/C19H20N2O3S/c1-2-9-20(14-16-4-3-11-24-16)18(22)5-6-19(23)21-10-7-17-15(13-21)8-12-25-17/h1,3-4,8,11-12H,5-7,9-10,13-14H2. The average Bonchev–Trinajstić information content (AvgIpc) is 3.29.